The molecule has 1 heterocycles. The molecule has 8 heteroatoms. The van der Waals surface area contributed by atoms with Crippen molar-refractivity contribution in [2.24, 2.45) is 7.05 Å². The molecule has 8 nitrogen and oxygen atoms in total. The summed E-state index contributed by atoms with van der Waals surface area (Å²) in [7, 11) is 1.78. The summed E-state index contributed by atoms with van der Waals surface area (Å²) in [5.74, 6) is -1.14. The van der Waals surface area contributed by atoms with Gasteiger partial charge in [0.1, 0.15) is 0 Å². The van der Waals surface area contributed by atoms with Crippen LogP contribution < -0.4 is 5.32 Å². The molecule has 0 radical (unpaired) electrons. The molecule has 2 rings (SSSR count). The number of aromatic nitrogens is 2. The second kappa shape index (κ2) is 5.61. The van der Waals surface area contributed by atoms with Gasteiger partial charge in [0, 0.05) is 37.5 Å². The number of benzene rings is 1. The van der Waals surface area contributed by atoms with Gasteiger partial charge in [0.15, 0.2) is 0 Å². The van der Waals surface area contributed by atoms with E-state index < -0.39 is 10.9 Å². The van der Waals surface area contributed by atoms with E-state index in [0.717, 1.165) is 11.3 Å². The number of hydrogen-bond acceptors (Lipinski definition) is 5. The fourth-order valence-corrected chi connectivity index (χ4v) is 1.99. The third-order valence-corrected chi connectivity index (χ3v) is 3.03. The van der Waals surface area contributed by atoms with Crippen LogP contribution in [0.2, 0.25) is 0 Å². The number of aryl methyl sites for hydroxylation is 2. The van der Waals surface area contributed by atoms with Crippen molar-refractivity contribution >= 4 is 17.3 Å². The van der Waals surface area contributed by atoms with Crippen LogP contribution in [0.5, 0.6) is 0 Å². The molecule has 2 aromatic rings. The second-order valence-electron chi connectivity index (χ2n) is 4.56. The number of non-ortho nitro benzene ring substituents is 1. The highest BCUT2D eigenvalue weighted by molar-refractivity contribution is 5.94. The molecule has 0 fully saturated rings. The lowest BCUT2D eigenvalue weighted by molar-refractivity contribution is -0.384. The molecule has 1 aromatic heterocycles. The highest BCUT2D eigenvalue weighted by atomic mass is 16.6. The Bertz CT molecular complexity index is 708. The van der Waals surface area contributed by atoms with Crippen LogP contribution in [0.15, 0.2) is 24.4 Å². The first-order valence-corrected chi connectivity index (χ1v) is 6.13. The van der Waals surface area contributed by atoms with Gasteiger partial charge < -0.3 is 10.4 Å². The Morgan fingerprint density at radius 3 is 2.76 bits per heavy atom. The minimum Gasteiger partial charge on any atom is -0.478 e. The van der Waals surface area contributed by atoms with Gasteiger partial charge in [-0.2, -0.15) is 5.10 Å². The molecule has 0 bridgehead atoms. The van der Waals surface area contributed by atoms with Crippen molar-refractivity contribution in [3.05, 3.63) is 51.3 Å². The quantitative estimate of drug-likeness (QED) is 0.643. The number of aromatic carboxylic acids is 1. The van der Waals surface area contributed by atoms with E-state index in [0.29, 0.717) is 6.54 Å². The third-order valence-electron chi connectivity index (χ3n) is 3.03. The summed E-state index contributed by atoms with van der Waals surface area (Å²) in [6.07, 6.45) is 1.81. The lowest BCUT2D eigenvalue weighted by Gasteiger charge is -2.09. The molecule has 1 aromatic carbocycles. The summed E-state index contributed by atoms with van der Waals surface area (Å²) >= 11 is 0. The molecule has 0 unspecified atom stereocenters. The molecule has 110 valence electrons. The third kappa shape index (κ3) is 3.16. The normalized spacial score (nSPS) is 10.4. The van der Waals surface area contributed by atoms with Gasteiger partial charge in [-0.25, -0.2) is 4.79 Å². The minimum atomic E-state index is -1.14. The molecule has 0 saturated carbocycles. The Morgan fingerprint density at radius 1 is 1.52 bits per heavy atom. The highest BCUT2D eigenvalue weighted by Gasteiger charge is 2.15. The number of nitro groups is 1. The van der Waals surface area contributed by atoms with E-state index in [1.54, 1.807) is 17.9 Å². The number of nitrogens with one attached hydrogen (secondary N) is 1. The van der Waals surface area contributed by atoms with Crippen molar-refractivity contribution in [1.29, 1.82) is 0 Å². The summed E-state index contributed by atoms with van der Waals surface area (Å²) in [6, 6.07) is 3.61. The molecular formula is C13H14N4O4. The zero-order chi connectivity index (χ0) is 15.6. The van der Waals surface area contributed by atoms with E-state index in [9.17, 15) is 14.9 Å². The van der Waals surface area contributed by atoms with Gasteiger partial charge in [0.05, 0.1) is 21.9 Å². The zero-order valence-corrected chi connectivity index (χ0v) is 11.5. The molecule has 0 atom stereocenters. The van der Waals surface area contributed by atoms with Crippen LogP contribution in [0.25, 0.3) is 0 Å². The first-order valence-electron chi connectivity index (χ1n) is 6.13. The predicted octanol–water partition coefficient (Wildman–Crippen LogP) is 1.95. The van der Waals surface area contributed by atoms with Gasteiger partial charge in [-0.15, -0.1) is 0 Å². The fourth-order valence-electron chi connectivity index (χ4n) is 1.99. The summed E-state index contributed by atoms with van der Waals surface area (Å²) < 4.78 is 1.65. The second-order valence-corrected chi connectivity index (χ2v) is 4.56. The van der Waals surface area contributed by atoms with Gasteiger partial charge in [0.25, 0.3) is 5.69 Å². The van der Waals surface area contributed by atoms with E-state index in [-0.39, 0.29) is 16.9 Å². The Hall–Kier alpha value is -2.90. The maximum absolute atomic E-state index is 11.2. The number of hydrogen-bond donors (Lipinski definition) is 2. The number of nitrogens with zero attached hydrogens (tertiary/aromatic N) is 3. The first-order chi connectivity index (χ1) is 9.88. The number of anilines is 1. The molecule has 0 aliphatic heterocycles. The summed E-state index contributed by atoms with van der Waals surface area (Å²) in [6.45, 7) is 2.17. The number of carbonyl (C=O) groups is 1. The van der Waals surface area contributed by atoms with E-state index >= 15 is 0 Å². The number of rotatable bonds is 5. The van der Waals surface area contributed by atoms with Crippen molar-refractivity contribution in [3.63, 3.8) is 0 Å². The molecule has 0 spiro atoms. The van der Waals surface area contributed by atoms with E-state index in [1.165, 1.54) is 18.2 Å². The van der Waals surface area contributed by atoms with Crippen molar-refractivity contribution in [1.82, 2.24) is 9.78 Å². The smallest absolute Gasteiger partial charge is 0.337 e. The van der Waals surface area contributed by atoms with Gasteiger partial charge in [0.2, 0.25) is 0 Å². The lowest BCUT2D eigenvalue weighted by Crippen LogP contribution is -2.07. The van der Waals surface area contributed by atoms with Crippen LogP contribution >= 0.6 is 0 Å². The maximum atomic E-state index is 11.2. The van der Waals surface area contributed by atoms with E-state index in [4.69, 9.17) is 5.11 Å². The predicted molar refractivity (Wildman–Crippen MR) is 75.3 cm³/mol. The molecule has 21 heavy (non-hydrogen) atoms. The van der Waals surface area contributed by atoms with Gasteiger partial charge in [-0.3, -0.25) is 14.8 Å². The Morgan fingerprint density at radius 2 is 2.24 bits per heavy atom. The van der Waals surface area contributed by atoms with Gasteiger partial charge in [-0.05, 0) is 13.0 Å². The minimum absolute atomic E-state index is 0.0119. The van der Waals surface area contributed by atoms with Gasteiger partial charge in [-0.1, -0.05) is 0 Å². The fraction of sp³-hybridized carbons (Fsp3) is 0.231. The number of nitro benzene ring substituents is 1. The Balaban J connectivity index is 2.28. The average molecular weight is 290 g/mol. The van der Waals surface area contributed by atoms with E-state index in [1.807, 2.05) is 6.92 Å². The summed E-state index contributed by atoms with van der Waals surface area (Å²) in [4.78, 5) is 21.4. The molecule has 0 aliphatic carbocycles. The van der Waals surface area contributed by atoms with Crippen molar-refractivity contribution in [3.8, 4) is 0 Å². The van der Waals surface area contributed by atoms with E-state index in [2.05, 4.69) is 10.4 Å². The Labute approximate surface area is 120 Å². The first kappa shape index (κ1) is 14.5. The highest BCUT2D eigenvalue weighted by Crippen LogP contribution is 2.23. The van der Waals surface area contributed by atoms with Crippen molar-refractivity contribution in [2.45, 2.75) is 13.5 Å². The van der Waals surface area contributed by atoms with Crippen molar-refractivity contribution in [2.75, 3.05) is 5.32 Å². The van der Waals surface area contributed by atoms with Gasteiger partial charge >= 0.3 is 5.97 Å². The van der Waals surface area contributed by atoms with Crippen LogP contribution in [-0.2, 0) is 13.6 Å². The maximum Gasteiger partial charge on any atom is 0.337 e. The standard InChI is InChI=1S/C13H14N4O4/c1-8-9(7-16(2)15-8)6-14-12-5-10(17(20)21)3-4-11(12)13(18)19/h3-5,7,14H,6H2,1-2H3,(H,18,19). The van der Waals surface area contributed by atoms with Crippen LogP contribution in [0, 0.1) is 17.0 Å². The number of carboxylic acid groups (broad SMARTS) is 1. The summed E-state index contributed by atoms with van der Waals surface area (Å²) in [5.41, 5.74) is 1.74. The molecular weight excluding hydrogens is 276 g/mol. The largest absolute Gasteiger partial charge is 0.478 e. The van der Waals surface area contributed by atoms with Crippen LogP contribution in [0.3, 0.4) is 0 Å². The van der Waals surface area contributed by atoms with Crippen LogP contribution in [0.1, 0.15) is 21.6 Å². The van der Waals surface area contributed by atoms with Crippen LogP contribution in [-0.4, -0.2) is 25.8 Å². The molecule has 0 saturated heterocycles. The molecule has 0 aliphatic rings. The molecule has 2 N–H and O–H groups in total. The van der Waals surface area contributed by atoms with Crippen molar-refractivity contribution < 1.29 is 14.8 Å². The monoisotopic (exact) mass is 290 g/mol. The summed E-state index contributed by atoms with van der Waals surface area (Å²) in [5, 5.41) is 27.0. The topological polar surface area (TPSA) is 110 Å². The molecule has 0 amide bonds. The number of carboxylic acids is 1. The Kier molecular flexibility index (Phi) is 3.88. The zero-order valence-electron chi connectivity index (χ0n) is 11.5. The average Bonchev–Trinajstić information content (AvgIpc) is 2.74. The SMILES string of the molecule is Cc1nn(C)cc1CNc1cc([N+](=O)[O-])ccc1C(=O)O. The lowest BCUT2D eigenvalue weighted by atomic mass is 10.1. The van der Waals surface area contributed by atoms with Crippen LogP contribution in [0.4, 0.5) is 11.4 Å².